The lowest BCUT2D eigenvalue weighted by molar-refractivity contribution is -0.128. The molecule has 0 radical (unpaired) electrons. The zero-order chi connectivity index (χ0) is 17.7. The van der Waals surface area contributed by atoms with Crippen LogP contribution in [0.25, 0.3) is 0 Å². The van der Waals surface area contributed by atoms with Crippen LogP contribution in [0.5, 0.6) is 0 Å². The lowest BCUT2D eigenvalue weighted by atomic mass is 10.2. The highest BCUT2D eigenvalue weighted by Crippen LogP contribution is 2.30. The molecule has 0 saturated carbocycles. The third-order valence-electron chi connectivity index (χ3n) is 3.62. The molecule has 1 aliphatic rings. The fourth-order valence-electron chi connectivity index (χ4n) is 2.35. The molecule has 1 fully saturated rings. The number of anilines is 1. The van der Waals surface area contributed by atoms with Crippen molar-refractivity contribution in [2.75, 3.05) is 18.0 Å². The zero-order valence-corrected chi connectivity index (χ0v) is 14.1. The van der Waals surface area contributed by atoms with Gasteiger partial charge in [0.05, 0.1) is 16.3 Å². The Bertz CT molecular complexity index is 675. The van der Waals surface area contributed by atoms with Crippen molar-refractivity contribution >= 4 is 35.1 Å². The predicted molar refractivity (Wildman–Crippen MR) is 91.1 cm³/mol. The SMILES string of the molecule is C=CCNC(=O)[C@H](C)OC(=O)c1ccc(Cl)c(N2CCCC2=O)c1. The summed E-state index contributed by atoms with van der Waals surface area (Å²) in [5.74, 6) is -1.09. The Hall–Kier alpha value is -2.34. The van der Waals surface area contributed by atoms with Crippen LogP contribution in [0, 0.1) is 0 Å². The van der Waals surface area contributed by atoms with Gasteiger partial charge in [-0.25, -0.2) is 4.79 Å². The first-order valence-corrected chi connectivity index (χ1v) is 8.01. The van der Waals surface area contributed by atoms with E-state index in [0.717, 1.165) is 6.42 Å². The van der Waals surface area contributed by atoms with E-state index in [0.29, 0.717) is 30.2 Å². The summed E-state index contributed by atoms with van der Waals surface area (Å²) in [5, 5.41) is 2.94. The van der Waals surface area contributed by atoms with Gasteiger partial charge in [0.25, 0.3) is 5.91 Å². The average Bonchev–Trinajstić information content (AvgIpc) is 2.98. The number of ether oxygens (including phenoxy) is 1. The Balaban J connectivity index is 2.11. The maximum Gasteiger partial charge on any atom is 0.338 e. The fraction of sp³-hybridized carbons (Fsp3) is 0.353. The van der Waals surface area contributed by atoms with Gasteiger partial charge in [-0.1, -0.05) is 17.7 Å². The smallest absolute Gasteiger partial charge is 0.338 e. The number of benzene rings is 1. The minimum Gasteiger partial charge on any atom is -0.449 e. The summed E-state index contributed by atoms with van der Waals surface area (Å²) < 4.78 is 5.15. The topological polar surface area (TPSA) is 75.7 Å². The van der Waals surface area contributed by atoms with Crippen LogP contribution in [0.2, 0.25) is 5.02 Å². The Morgan fingerprint density at radius 3 is 2.88 bits per heavy atom. The number of amides is 2. The molecule has 0 bridgehead atoms. The monoisotopic (exact) mass is 350 g/mol. The molecule has 0 unspecified atom stereocenters. The number of hydrogen-bond acceptors (Lipinski definition) is 4. The van der Waals surface area contributed by atoms with E-state index in [9.17, 15) is 14.4 Å². The summed E-state index contributed by atoms with van der Waals surface area (Å²) in [6.45, 7) is 5.84. The normalized spacial score (nSPS) is 15.1. The number of esters is 1. The van der Waals surface area contributed by atoms with Crippen LogP contribution in [0.1, 0.15) is 30.1 Å². The summed E-state index contributed by atoms with van der Waals surface area (Å²) in [7, 11) is 0. The van der Waals surface area contributed by atoms with Gasteiger partial charge in [-0.2, -0.15) is 0 Å². The van der Waals surface area contributed by atoms with Crippen molar-refractivity contribution in [1.82, 2.24) is 5.32 Å². The van der Waals surface area contributed by atoms with E-state index in [2.05, 4.69) is 11.9 Å². The largest absolute Gasteiger partial charge is 0.449 e. The van der Waals surface area contributed by atoms with Crippen molar-refractivity contribution in [2.24, 2.45) is 0 Å². The third-order valence-corrected chi connectivity index (χ3v) is 3.94. The molecular weight excluding hydrogens is 332 g/mol. The molecule has 2 rings (SSSR count). The zero-order valence-electron chi connectivity index (χ0n) is 13.4. The Morgan fingerprint density at radius 1 is 1.50 bits per heavy atom. The lowest BCUT2D eigenvalue weighted by Crippen LogP contribution is -2.35. The van der Waals surface area contributed by atoms with Gasteiger partial charge in [0.2, 0.25) is 5.91 Å². The first-order chi connectivity index (χ1) is 11.4. The van der Waals surface area contributed by atoms with Crippen molar-refractivity contribution in [3.63, 3.8) is 0 Å². The first-order valence-electron chi connectivity index (χ1n) is 7.63. The standard InChI is InChI=1S/C17H19ClN2O4/c1-3-8-19-16(22)11(2)24-17(23)12-6-7-13(18)14(10-12)20-9-4-5-15(20)21/h3,6-7,10-11H,1,4-5,8-9H2,2H3,(H,19,22)/t11-/m0/s1. The molecule has 1 N–H and O–H groups in total. The van der Waals surface area contributed by atoms with E-state index >= 15 is 0 Å². The fourth-order valence-corrected chi connectivity index (χ4v) is 2.57. The van der Waals surface area contributed by atoms with E-state index in [4.69, 9.17) is 16.3 Å². The maximum absolute atomic E-state index is 12.2. The minimum absolute atomic E-state index is 0.0282. The summed E-state index contributed by atoms with van der Waals surface area (Å²) in [4.78, 5) is 37.4. The van der Waals surface area contributed by atoms with Crippen LogP contribution in [-0.4, -0.2) is 37.0 Å². The van der Waals surface area contributed by atoms with Crippen molar-refractivity contribution < 1.29 is 19.1 Å². The number of rotatable bonds is 6. The van der Waals surface area contributed by atoms with Crippen LogP contribution >= 0.6 is 11.6 Å². The van der Waals surface area contributed by atoms with Gasteiger partial charge in [-0.05, 0) is 31.5 Å². The molecular formula is C17H19ClN2O4. The van der Waals surface area contributed by atoms with Gasteiger partial charge in [-0.3, -0.25) is 9.59 Å². The molecule has 128 valence electrons. The Kier molecular flexibility index (Phi) is 5.98. The van der Waals surface area contributed by atoms with E-state index in [1.54, 1.807) is 11.0 Å². The summed E-state index contributed by atoms with van der Waals surface area (Å²) in [6, 6.07) is 4.56. The van der Waals surface area contributed by atoms with E-state index < -0.39 is 18.0 Å². The molecule has 1 saturated heterocycles. The molecule has 1 atom stereocenters. The van der Waals surface area contributed by atoms with Gasteiger partial charge in [-0.15, -0.1) is 6.58 Å². The number of hydrogen-bond donors (Lipinski definition) is 1. The average molecular weight is 351 g/mol. The number of nitrogens with zero attached hydrogens (tertiary/aromatic N) is 1. The quantitative estimate of drug-likeness (QED) is 0.631. The highest BCUT2D eigenvalue weighted by atomic mass is 35.5. The molecule has 1 heterocycles. The van der Waals surface area contributed by atoms with Gasteiger partial charge < -0.3 is 15.0 Å². The van der Waals surface area contributed by atoms with Gasteiger partial charge >= 0.3 is 5.97 Å². The molecule has 0 spiro atoms. The lowest BCUT2D eigenvalue weighted by Gasteiger charge is -2.18. The van der Waals surface area contributed by atoms with Crippen LogP contribution < -0.4 is 10.2 Å². The molecule has 1 aromatic rings. The predicted octanol–water partition coefficient (Wildman–Crippen LogP) is 2.31. The van der Waals surface area contributed by atoms with Crippen molar-refractivity contribution in [1.29, 1.82) is 0 Å². The van der Waals surface area contributed by atoms with Crippen molar-refractivity contribution in [3.8, 4) is 0 Å². The number of nitrogens with one attached hydrogen (secondary N) is 1. The second-order valence-electron chi connectivity index (χ2n) is 5.40. The molecule has 6 nitrogen and oxygen atoms in total. The van der Waals surface area contributed by atoms with E-state index in [-0.39, 0.29) is 11.5 Å². The Labute approximate surface area is 145 Å². The van der Waals surface area contributed by atoms with E-state index in [1.807, 2.05) is 0 Å². The molecule has 0 aromatic heterocycles. The van der Waals surface area contributed by atoms with Crippen LogP contribution in [-0.2, 0) is 14.3 Å². The summed E-state index contributed by atoms with van der Waals surface area (Å²) in [5.41, 5.74) is 0.717. The Morgan fingerprint density at radius 2 is 2.25 bits per heavy atom. The van der Waals surface area contributed by atoms with Crippen LogP contribution in [0.15, 0.2) is 30.9 Å². The second-order valence-corrected chi connectivity index (χ2v) is 5.80. The number of halogens is 1. The van der Waals surface area contributed by atoms with Crippen molar-refractivity contribution in [3.05, 3.63) is 41.4 Å². The van der Waals surface area contributed by atoms with Crippen LogP contribution in [0.3, 0.4) is 0 Å². The van der Waals surface area contributed by atoms with Gasteiger partial charge in [0.15, 0.2) is 6.10 Å². The van der Waals surface area contributed by atoms with E-state index in [1.165, 1.54) is 25.1 Å². The molecule has 24 heavy (non-hydrogen) atoms. The van der Waals surface area contributed by atoms with Gasteiger partial charge in [0, 0.05) is 19.5 Å². The summed E-state index contributed by atoms with van der Waals surface area (Å²) in [6.07, 6.45) is 1.81. The van der Waals surface area contributed by atoms with Crippen molar-refractivity contribution in [2.45, 2.75) is 25.9 Å². The number of carbonyl (C=O) groups excluding carboxylic acids is 3. The molecule has 7 heteroatoms. The molecule has 0 aliphatic carbocycles. The highest BCUT2D eigenvalue weighted by Gasteiger charge is 2.25. The third kappa shape index (κ3) is 4.14. The first kappa shape index (κ1) is 18.0. The van der Waals surface area contributed by atoms with Crippen LogP contribution in [0.4, 0.5) is 5.69 Å². The molecule has 1 aliphatic heterocycles. The molecule has 1 aromatic carbocycles. The summed E-state index contributed by atoms with van der Waals surface area (Å²) >= 11 is 6.14. The van der Waals surface area contributed by atoms with Gasteiger partial charge in [0.1, 0.15) is 0 Å². The minimum atomic E-state index is -0.940. The second kappa shape index (κ2) is 7.97. The number of carbonyl (C=O) groups is 3. The highest BCUT2D eigenvalue weighted by molar-refractivity contribution is 6.34. The molecule has 2 amide bonds. The maximum atomic E-state index is 12.2.